The van der Waals surface area contributed by atoms with E-state index in [9.17, 15) is 5.11 Å². The molecule has 1 atom stereocenters. The summed E-state index contributed by atoms with van der Waals surface area (Å²) in [4.78, 5) is 0. The predicted molar refractivity (Wildman–Crippen MR) is 80.0 cm³/mol. The van der Waals surface area contributed by atoms with E-state index >= 15 is 0 Å². The zero-order valence-electron chi connectivity index (χ0n) is 11.6. The molecule has 2 N–H and O–H groups in total. The first kappa shape index (κ1) is 13.8. The largest absolute Gasteiger partial charge is 0.385 e. The molecular weight excluding hydrogens is 234 g/mol. The van der Waals surface area contributed by atoms with Crippen LogP contribution < -0.4 is 5.32 Å². The summed E-state index contributed by atoms with van der Waals surface area (Å²) >= 11 is 0. The van der Waals surface area contributed by atoms with Crippen LogP contribution in [-0.2, 0) is 5.60 Å². The van der Waals surface area contributed by atoms with Gasteiger partial charge in [0.1, 0.15) is 0 Å². The first-order valence-electron chi connectivity index (χ1n) is 6.67. The minimum Gasteiger partial charge on any atom is -0.385 e. The summed E-state index contributed by atoms with van der Waals surface area (Å²) in [5, 5.41) is 13.8. The number of nitrogens with one attached hydrogen (secondary N) is 1. The van der Waals surface area contributed by atoms with Crippen LogP contribution in [0.15, 0.2) is 54.6 Å². The zero-order valence-corrected chi connectivity index (χ0v) is 11.6. The lowest BCUT2D eigenvalue weighted by atomic mass is 9.86. The Balaban J connectivity index is 2.42. The van der Waals surface area contributed by atoms with Crippen LogP contribution in [0.1, 0.15) is 18.9 Å². The van der Waals surface area contributed by atoms with E-state index in [1.54, 1.807) is 0 Å². The molecule has 0 aliphatic carbocycles. The molecule has 0 bridgehead atoms. The lowest BCUT2D eigenvalue weighted by molar-refractivity contribution is 0.0491. The Hall–Kier alpha value is -1.64. The summed E-state index contributed by atoms with van der Waals surface area (Å²) in [5.74, 6) is 0. The van der Waals surface area contributed by atoms with Crippen LogP contribution in [0.25, 0.3) is 11.1 Å². The van der Waals surface area contributed by atoms with Gasteiger partial charge in [-0.1, -0.05) is 54.6 Å². The lowest BCUT2D eigenvalue weighted by Gasteiger charge is -2.26. The Kier molecular flexibility index (Phi) is 4.35. The molecule has 2 rings (SSSR count). The quantitative estimate of drug-likeness (QED) is 0.860. The molecule has 2 aromatic rings. The summed E-state index contributed by atoms with van der Waals surface area (Å²) in [7, 11) is 1.90. The fourth-order valence-corrected chi connectivity index (χ4v) is 2.33. The van der Waals surface area contributed by atoms with Gasteiger partial charge in [0, 0.05) is 0 Å². The van der Waals surface area contributed by atoms with Crippen molar-refractivity contribution in [1.82, 2.24) is 5.32 Å². The van der Waals surface area contributed by atoms with Crippen molar-refractivity contribution in [3.8, 4) is 11.1 Å². The van der Waals surface area contributed by atoms with Crippen molar-refractivity contribution in [3.05, 3.63) is 60.2 Å². The van der Waals surface area contributed by atoms with Gasteiger partial charge in [0.15, 0.2) is 0 Å². The second-order valence-electron chi connectivity index (χ2n) is 5.04. The Morgan fingerprint density at radius 3 is 2.32 bits per heavy atom. The molecule has 0 saturated carbocycles. The molecule has 2 aromatic carbocycles. The smallest absolute Gasteiger partial charge is 0.0886 e. The van der Waals surface area contributed by atoms with Crippen molar-refractivity contribution in [1.29, 1.82) is 0 Å². The Bertz CT molecular complexity index is 520. The maximum Gasteiger partial charge on any atom is 0.0886 e. The number of aliphatic hydroxyl groups is 1. The van der Waals surface area contributed by atoms with Crippen molar-refractivity contribution in [2.24, 2.45) is 0 Å². The van der Waals surface area contributed by atoms with Gasteiger partial charge < -0.3 is 10.4 Å². The Morgan fingerprint density at radius 2 is 1.63 bits per heavy atom. The normalized spacial score (nSPS) is 14.1. The van der Waals surface area contributed by atoms with Crippen LogP contribution >= 0.6 is 0 Å². The summed E-state index contributed by atoms with van der Waals surface area (Å²) in [5.41, 5.74) is 2.40. The van der Waals surface area contributed by atoms with Crippen LogP contribution in [0.3, 0.4) is 0 Å². The summed E-state index contributed by atoms with van der Waals surface area (Å²) < 4.78 is 0. The maximum absolute atomic E-state index is 10.7. The van der Waals surface area contributed by atoms with Crippen molar-refractivity contribution in [2.45, 2.75) is 18.9 Å². The molecule has 19 heavy (non-hydrogen) atoms. The van der Waals surface area contributed by atoms with Crippen LogP contribution in [-0.4, -0.2) is 18.7 Å². The lowest BCUT2D eigenvalue weighted by Crippen LogP contribution is -2.27. The molecule has 0 fully saturated rings. The van der Waals surface area contributed by atoms with Gasteiger partial charge in [-0.05, 0) is 43.6 Å². The summed E-state index contributed by atoms with van der Waals surface area (Å²) in [6.45, 7) is 2.67. The van der Waals surface area contributed by atoms with Gasteiger partial charge in [0.05, 0.1) is 5.60 Å². The third-order valence-corrected chi connectivity index (χ3v) is 3.45. The minimum atomic E-state index is -0.824. The van der Waals surface area contributed by atoms with E-state index in [1.807, 2.05) is 50.4 Å². The molecule has 0 saturated heterocycles. The number of rotatable bonds is 5. The van der Waals surface area contributed by atoms with Crippen molar-refractivity contribution in [2.75, 3.05) is 13.6 Å². The standard InChI is InChI=1S/C17H21NO/c1-17(19,12-13-18-2)16-11-7-6-10-15(16)14-8-4-3-5-9-14/h3-11,18-19H,12-13H2,1-2H3. The molecule has 0 spiro atoms. The van der Waals surface area contributed by atoms with Gasteiger partial charge in [-0.25, -0.2) is 0 Å². The first-order valence-corrected chi connectivity index (χ1v) is 6.67. The third-order valence-electron chi connectivity index (χ3n) is 3.45. The van der Waals surface area contributed by atoms with Gasteiger partial charge in [-0.15, -0.1) is 0 Å². The molecule has 0 aliphatic heterocycles. The molecule has 0 radical (unpaired) electrons. The van der Waals surface area contributed by atoms with Crippen LogP contribution in [0.4, 0.5) is 0 Å². The highest BCUT2D eigenvalue weighted by Gasteiger charge is 2.25. The van der Waals surface area contributed by atoms with Gasteiger partial charge in [0.25, 0.3) is 0 Å². The Morgan fingerprint density at radius 1 is 1.00 bits per heavy atom. The fraction of sp³-hybridized carbons (Fsp3) is 0.294. The average molecular weight is 255 g/mol. The molecule has 0 aliphatic rings. The number of hydrogen-bond donors (Lipinski definition) is 2. The van der Waals surface area contributed by atoms with Crippen LogP contribution in [0.5, 0.6) is 0 Å². The summed E-state index contributed by atoms with van der Waals surface area (Å²) in [6.07, 6.45) is 0.688. The predicted octanol–water partition coefficient (Wildman–Crippen LogP) is 3.17. The SMILES string of the molecule is CNCCC(C)(O)c1ccccc1-c1ccccc1. The highest BCUT2D eigenvalue weighted by Crippen LogP contribution is 2.33. The van der Waals surface area contributed by atoms with Gasteiger partial charge in [-0.3, -0.25) is 0 Å². The van der Waals surface area contributed by atoms with Crippen LogP contribution in [0.2, 0.25) is 0 Å². The van der Waals surface area contributed by atoms with E-state index in [-0.39, 0.29) is 0 Å². The van der Waals surface area contributed by atoms with Crippen LogP contribution in [0, 0.1) is 0 Å². The minimum absolute atomic E-state index is 0.688. The number of benzene rings is 2. The van der Waals surface area contributed by atoms with Crippen molar-refractivity contribution >= 4 is 0 Å². The van der Waals surface area contributed by atoms with Gasteiger partial charge >= 0.3 is 0 Å². The molecule has 1 unspecified atom stereocenters. The highest BCUT2D eigenvalue weighted by molar-refractivity contribution is 5.68. The highest BCUT2D eigenvalue weighted by atomic mass is 16.3. The second kappa shape index (κ2) is 6.00. The van der Waals surface area contributed by atoms with E-state index in [2.05, 4.69) is 23.5 Å². The van der Waals surface area contributed by atoms with E-state index < -0.39 is 5.60 Å². The molecule has 2 nitrogen and oxygen atoms in total. The molecule has 0 aromatic heterocycles. The molecule has 0 heterocycles. The average Bonchev–Trinajstić information content (AvgIpc) is 2.46. The van der Waals surface area contributed by atoms with E-state index in [0.717, 1.165) is 23.2 Å². The first-order chi connectivity index (χ1) is 9.15. The fourth-order valence-electron chi connectivity index (χ4n) is 2.33. The topological polar surface area (TPSA) is 32.3 Å². The number of hydrogen-bond acceptors (Lipinski definition) is 2. The monoisotopic (exact) mass is 255 g/mol. The third kappa shape index (κ3) is 3.22. The maximum atomic E-state index is 10.7. The van der Waals surface area contributed by atoms with Gasteiger partial charge in [0.2, 0.25) is 0 Å². The molecule has 2 heteroatoms. The van der Waals surface area contributed by atoms with E-state index in [1.165, 1.54) is 0 Å². The summed E-state index contributed by atoms with van der Waals surface area (Å²) in [6, 6.07) is 18.3. The molecular formula is C17H21NO. The van der Waals surface area contributed by atoms with Crippen molar-refractivity contribution < 1.29 is 5.11 Å². The second-order valence-corrected chi connectivity index (χ2v) is 5.04. The molecule has 100 valence electrons. The molecule has 0 amide bonds. The van der Waals surface area contributed by atoms with Crippen molar-refractivity contribution in [3.63, 3.8) is 0 Å². The zero-order chi connectivity index (χ0) is 13.7. The van der Waals surface area contributed by atoms with E-state index in [4.69, 9.17) is 0 Å². The Labute approximate surface area is 115 Å². The van der Waals surface area contributed by atoms with Gasteiger partial charge in [-0.2, -0.15) is 0 Å². The van der Waals surface area contributed by atoms with E-state index in [0.29, 0.717) is 6.42 Å².